The Labute approximate surface area is 99.4 Å². The zero-order valence-electron chi connectivity index (χ0n) is 10.9. The summed E-state index contributed by atoms with van der Waals surface area (Å²) in [6, 6.07) is 0.405. The van der Waals surface area contributed by atoms with Gasteiger partial charge in [0.2, 0.25) is 5.91 Å². The first-order valence-electron chi connectivity index (χ1n) is 6.56. The molecular formula is C13H26N2O. The Kier molecular flexibility index (Phi) is 5.26. The number of nitrogens with zero attached hydrogens (tertiary/aromatic N) is 1. The number of likely N-dealkylation sites (tertiary alicyclic amines) is 1. The summed E-state index contributed by atoms with van der Waals surface area (Å²) in [6.07, 6.45) is 4.46. The molecule has 0 radical (unpaired) electrons. The molecule has 0 aromatic rings. The minimum absolute atomic E-state index is 0.0283. The van der Waals surface area contributed by atoms with Crippen LogP contribution in [0.3, 0.4) is 0 Å². The quantitative estimate of drug-likeness (QED) is 0.797. The highest BCUT2D eigenvalue weighted by atomic mass is 16.2. The summed E-state index contributed by atoms with van der Waals surface area (Å²) in [7, 11) is 0. The molecule has 3 heteroatoms. The Bertz CT molecular complexity index is 228. The second-order valence-electron chi connectivity index (χ2n) is 5.44. The average molecular weight is 226 g/mol. The van der Waals surface area contributed by atoms with Crippen molar-refractivity contribution in [1.82, 2.24) is 4.90 Å². The highest BCUT2D eigenvalue weighted by Gasteiger charge is 2.28. The fourth-order valence-corrected chi connectivity index (χ4v) is 2.53. The third-order valence-electron chi connectivity index (χ3n) is 3.48. The number of carbonyl (C=O) groups is 1. The zero-order chi connectivity index (χ0) is 12.1. The van der Waals surface area contributed by atoms with Crippen LogP contribution < -0.4 is 5.73 Å². The van der Waals surface area contributed by atoms with Gasteiger partial charge in [0, 0.05) is 19.1 Å². The Morgan fingerprint density at radius 2 is 2.12 bits per heavy atom. The molecule has 1 aliphatic heterocycles. The van der Waals surface area contributed by atoms with E-state index in [2.05, 4.69) is 20.8 Å². The summed E-state index contributed by atoms with van der Waals surface area (Å²) in [4.78, 5) is 14.4. The largest absolute Gasteiger partial charge is 0.340 e. The maximum absolute atomic E-state index is 12.3. The van der Waals surface area contributed by atoms with Gasteiger partial charge in [0.15, 0.2) is 0 Å². The summed E-state index contributed by atoms with van der Waals surface area (Å²) in [5.41, 5.74) is 5.73. The first kappa shape index (κ1) is 13.5. The molecule has 0 aliphatic carbocycles. The molecule has 1 amide bonds. The van der Waals surface area contributed by atoms with Crippen LogP contribution >= 0.6 is 0 Å². The molecule has 3 nitrogen and oxygen atoms in total. The van der Waals surface area contributed by atoms with E-state index in [1.54, 1.807) is 0 Å². The SMILES string of the molecule is CC(C)CC(CN)C(=O)N1CCCCC1C. The molecule has 16 heavy (non-hydrogen) atoms. The van der Waals surface area contributed by atoms with Gasteiger partial charge in [-0.2, -0.15) is 0 Å². The molecule has 0 bridgehead atoms. The van der Waals surface area contributed by atoms with Crippen LogP contribution in [0, 0.1) is 11.8 Å². The lowest BCUT2D eigenvalue weighted by Crippen LogP contribution is -2.46. The number of nitrogens with two attached hydrogens (primary N) is 1. The van der Waals surface area contributed by atoms with Crippen LogP contribution in [-0.4, -0.2) is 29.9 Å². The normalized spacial score (nSPS) is 23.6. The predicted octanol–water partition coefficient (Wildman–Crippen LogP) is 2.01. The van der Waals surface area contributed by atoms with Crippen LogP contribution in [-0.2, 0) is 4.79 Å². The van der Waals surface area contributed by atoms with Gasteiger partial charge < -0.3 is 10.6 Å². The molecule has 94 valence electrons. The molecule has 0 aromatic heterocycles. The molecule has 1 saturated heterocycles. The van der Waals surface area contributed by atoms with Gasteiger partial charge in [-0.05, 0) is 38.5 Å². The highest BCUT2D eigenvalue weighted by molar-refractivity contribution is 5.79. The third-order valence-corrected chi connectivity index (χ3v) is 3.48. The summed E-state index contributed by atoms with van der Waals surface area (Å²) in [6.45, 7) is 7.86. The van der Waals surface area contributed by atoms with Crippen LogP contribution in [0.5, 0.6) is 0 Å². The van der Waals surface area contributed by atoms with Gasteiger partial charge in [0.05, 0.1) is 5.92 Å². The molecule has 0 saturated carbocycles. The van der Waals surface area contributed by atoms with Crippen LogP contribution in [0.25, 0.3) is 0 Å². The molecule has 2 atom stereocenters. The van der Waals surface area contributed by atoms with Crippen molar-refractivity contribution in [3.63, 3.8) is 0 Å². The van der Waals surface area contributed by atoms with Gasteiger partial charge in [-0.25, -0.2) is 0 Å². The topological polar surface area (TPSA) is 46.3 Å². The van der Waals surface area contributed by atoms with Crippen molar-refractivity contribution >= 4 is 5.91 Å². The maximum atomic E-state index is 12.3. The lowest BCUT2D eigenvalue weighted by atomic mass is 9.93. The smallest absolute Gasteiger partial charge is 0.227 e. The van der Waals surface area contributed by atoms with E-state index in [4.69, 9.17) is 5.73 Å². The summed E-state index contributed by atoms with van der Waals surface area (Å²) in [5, 5.41) is 0. The molecule has 2 N–H and O–H groups in total. The van der Waals surface area contributed by atoms with E-state index in [9.17, 15) is 4.79 Å². The van der Waals surface area contributed by atoms with Gasteiger partial charge in [-0.1, -0.05) is 13.8 Å². The van der Waals surface area contributed by atoms with Crippen molar-refractivity contribution in [2.75, 3.05) is 13.1 Å². The highest BCUT2D eigenvalue weighted by Crippen LogP contribution is 2.21. The number of rotatable bonds is 4. The van der Waals surface area contributed by atoms with Crippen molar-refractivity contribution in [1.29, 1.82) is 0 Å². The summed E-state index contributed by atoms with van der Waals surface area (Å²) in [5.74, 6) is 0.849. The fraction of sp³-hybridized carbons (Fsp3) is 0.923. The number of amides is 1. The lowest BCUT2D eigenvalue weighted by Gasteiger charge is -2.36. The first-order chi connectivity index (χ1) is 7.56. The van der Waals surface area contributed by atoms with Crippen molar-refractivity contribution < 1.29 is 4.79 Å². The molecule has 1 aliphatic rings. The van der Waals surface area contributed by atoms with Crippen LogP contribution in [0.15, 0.2) is 0 Å². The number of piperidine rings is 1. The van der Waals surface area contributed by atoms with Crippen LogP contribution in [0.4, 0.5) is 0 Å². The average Bonchev–Trinajstić information content (AvgIpc) is 2.25. The van der Waals surface area contributed by atoms with Crippen LogP contribution in [0.2, 0.25) is 0 Å². The Hall–Kier alpha value is -0.570. The Morgan fingerprint density at radius 1 is 1.44 bits per heavy atom. The Morgan fingerprint density at radius 3 is 2.62 bits per heavy atom. The minimum atomic E-state index is 0.0283. The minimum Gasteiger partial charge on any atom is -0.340 e. The monoisotopic (exact) mass is 226 g/mol. The van der Waals surface area contributed by atoms with E-state index in [1.807, 2.05) is 4.90 Å². The standard InChI is InChI=1S/C13H26N2O/c1-10(2)8-12(9-14)13(16)15-7-5-4-6-11(15)3/h10-12H,4-9,14H2,1-3H3. The molecule has 1 fully saturated rings. The van der Waals surface area contributed by atoms with E-state index in [-0.39, 0.29) is 11.8 Å². The number of hydrogen-bond donors (Lipinski definition) is 1. The molecule has 2 unspecified atom stereocenters. The van der Waals surface area contributed by atoms with E-state index >= 15 is 0 Å². The van der Waals surface area contributed by atoms with E-state index < -0.39 is 0 Å². The lowest BCUT2D eigenvalue weighted by molar-refractivity contribution is -0.139. The zero-order valence-corrected chi connectivity index (χ0v) is 10.9. The van der Waals surface area contributed by atoms with Gasteiger partial charge in [0.25, 0.3) is 0 Å². The van der Waals surface area contributed by atoms with Crippen molar-refractivity contribution in [3.05, 3.63) is 0 Å². The van der Waals surface area contributed by atoms with E-state index in [0.717, 1.165) is 25.8 Å². The van der Waals surface area contributed by atoms with E-state index in [1.165, 1.54) is 6.42 Å². The fourth-order valence-electron chi connectivity index (χ4n) is 2.53. The second-order valence-corrected chi connectivity index (χ2v) is 5.44. The predicted molar refractivity (Wildman–Crippen MR) is 67.0 cm³/mol. The summed E-state index contributed by atoms with van der Waals surface area (Å²) < 4.78 is 0. The summed E-state index contributed by atoms with van der Waals surface area (Å²) >= 11 is 0. The van der Waals surface area contributed by atoms with E-state index in [0.29, 0.717) is 18.5 Å². The number of hydrogen-bond acceptors (Lipinski definition) is 2. The third kappa shape index (κ3) is 3.48. The van der Waals surface area contributed by atoms with Gasteiger partial charge in [-0.3, -0.25) is 4.79 Å². The van der Waals surface area contributed by atoms with Crippen molar-refractivity contribution in [3.8, 4) is 0 Å². The van der Waals surface area contributed by atoms with Crippen molar-refractivity contribution in [2.45, 2.75) is 52.5 Å². The van der Waals surface area contributed by atoms with Gasteiger partial charge in [0.1, 0.15) is 0 Å². The first-order valence-corrected chi connectivity index (χ1v) is 6.56. The molecular weight excluding hydrogens is 200 g/mol. The molecule has 1 heterocycles. The maximum Gasteiger partial charge on any atom is 0.227 e. The molecule has 1 rings (SSSR count). The molecule has 0 spiro atoms. The van der Waals surface area contributed by atoms with Crippen molar-refractivity contribution in [2.24, 2.45) is 17.6 Å². The molecule has 0 aromatic carbocycles. The van der Waals surface area contributed by atoms with Crippen LogP contribution in [0.1, 0.15) is 46.5 Å². The van der Waals surface area contributed by atoms with Gasteiger partial charge >= 0.3 is 0 Å². The Balaban J connectivity index is 2.58. The second kappa shape index (κ2) is 6.24. The van der Waals surface area contributed by atoms with Gasteiger partial charge in [-0.15, -0.1) is 0 Å². The number of carbonyl (C=O) groups excluding carboxylic acids is 1.